The fourth-order valence-corrected chi connectivity index (χ4v) is 19.8. The van der Waals surface area contributed by atoms with Crippen LogP contribution in [-0.4, -0.2) is 481 Å². The molecule has 43 atom stereocenters. The van der Waals surface area contributed by atoms with E-state index in [0.29, 0.717) is 12.8 Å². The average molecular weight is 2140 g/mol. The van der Waals surface area contributed by atoms with E-state index in [9.17, 15) is 151 Å². The molecule has 8 saturated heterocycles. The van der Waals surface area contributed by atoms with E-state index < -0.39 is 365 Å². The quantitative estimate of drug-likeness (QED) is 0.0199. The molecular weight excluding hydrogens is 1970 g/mol. The Morgan fingerprint density at radius 1 is 0.358 bits per heavy atom. The Labute approximate surface area is 861 Å². The number of unbranched alkanes of at least 4 members (excludes halogenated alkanes) is 27. The first-order valence-electron chi connectivity index (χ1n) is 52.6. The molecule has 5 amide bonds. The normalized spacial score (nSPS) is 37.7. The number of rotatable bonds is 65. The molecule has 16 unspecified atom stereocenters. The number of carboxylic acids is 1. The van der Waals surface area contributed by atoms with Gasteiger partial charge in [-0.1, -0.05) is 193 Å². The third kappa shape index (κ3) is 36.8. The summed E-state index contributed by atoms with van der Waals surface area (Å²) < 4.78 is 96.5. The van der Waals surface area contributed by atoms with Crippen molar-refractivity contribution in [2.75, 3.05) is 59.5 Å². The first kappa shape index (κ1) is 128. The van der Waals surface area contributed by atoms with Crippen LogP contribution in [0.5, 0.6) is 0 Å². The summed E-state index contributed by atoms with van der Waals surface area (Å²) in [6.07, 6.45) is -44.5. The summed E-state index contributed by atoms with van der Waals surface area (Å²) in [6.45, 7) is -1.43. The fraction of sp³-hybridized carbons (Fsp3) is 0.918. The molecule has 0 aliphatic carbocycles. The molecule has 0 aromatic rings. The second-order valence-electron chi connectivity index (χ2n) is 39.9. The molecule has 0 aromatic heterocycles. The maximum Gasteiger partial charge on any atom is 0.364 e. The Hall–Kier alpha value is -5.00. The number of ether oxygens (including phenoxy) is 16. The van der Waals surface area contributed by atoms with Crippen LogP contribution < -0.4 is 26.6 Å². The third-order valence-electron chi connectivity index (χ3n) is 28.2. The van der Waals surface area contributed by atoms with E-state index in [1.54, 1.807) is 6.08 Å². The van der Waals surface area contributed by atoms with E-state index >= 15 is 0 Å². The number of amides is 5. The Bertz CT molecular complexity index is 3810. The number of nitrogens with one attached hydrogen (secondary N) is 5. The van der Waals surface area contributed by atoms with Gasteiger partial charge in [0.2, 0.25) is 29.5 Å². The highest BCUT2D eigenvalue weighted by molar-refractivity contribution is 5.77. The van der Waals surface area contributed by atoms with Crippen molar-refractivity contribution >= 4 is 35.5 Å². The van der Waals surface area contributed by atoms with Crippen molar-refractivity contribution in [1.29, 1.82) is 0 Å². The summed E-state index contributed by atoms with van der Waals surface area (Å²) in [4.78, 5) is 78.6. The van der Waals surface area contributed by atoms with Crippen molar-refractivity contribution in [2.24, 2.45) is 0 Å². The van der Waals surface area contributed by atoms with Crippen LogP contribution in [0.3, 0.4) is 0 Å². The Morgan fingerprint density at radius 2 is 0.716 bits per heavy atom. The van der Waals surface area contributed by atoms with Gasteiger partial charge in [-0.15, -0.1) is 0 Å². The van der Waals surface area contributed by atoms with Gasteiger partial charge in [-0.05, 0) is 19.3 Å². The molecule has 860 valence electrons. The first-order chi connectivity index (χ1) is 70.7. The van der Waals surface area contributed by atoms with E-state index in [1.807, 2.05) is 0 Å². The predicted octanol–water partition coefficient (Wildman–Crippen LogP) is -6.50. The molecular formula is C97H171N5O46. The van der Waals surface area contributed by atoms with Gasteiger partial charge in [-0.3, -0.25) is 24.0 Å². The summed E-state index contributed by atoms with van der Waals surface area (Å²) in [7, 11) is 0. The van der Waals surface area contributed by atoms with Crippen LogP contribution in [0.1, 0.15) is 241 Å². The van der Waals surface area contributed by atoms with Gasteiger partial charge >= 0.3 is 5.97 Å². The minimum absolute atomic E-state index is 0.0836. The van der Waals surface area contributed by atoms with Gasteiger partial charge in [-0.25, -0.2) is 4.79 Å². The highest BCUT2D eigenvalue weighted by Crippen LogP contribution is 2.42. The summed E-state index contributed by atoms with van der Waals surface area (Å²) in [5.41, 5.74) is 0. The summed E-state index contributed by atoms with van der Waals surface area (Å²) in [5.74, 6) is -9.43. The minimum atomic E-state index is -3.29. The standard InChI is InChI=1S/C97H171N5O46/c1-7-9-11-13-15-17-19-21-22-23-24-26-28-30-32-34-36-38-64(117)102-53(54(114)37-35-33-31-29-27-25-20-18-16-14-12-10-8-2)47-133-92-78(127)77(126)83(62(46-109)140-92)143-94-80(129)87(146-93-79(128)86(72(121)59(43-106)137-93)145-91-68(101-52(6)113)84(71(120)58(42-105)136-91)144-90-66(99-50(4)111)75(124)70(119)57(41-104)135-90)74(123)63(141-94)48-134-89-67(100-51(5)112)76(125)82(61(45-108)139-89)142-95-81(130)88(73(122)60(44-107)138-95)148-97(96(131)132)39-55(115)65(98-49(3)110)85(147-97)69(118)56(116)40-103/h35,37,53-63,65-95,103-109,114-116,118-130H,7-34,36,38-48H2,1-6H3,(H,98,110)(H,99,111)(H,100,112)(H,101,113)(H,102,117)(H,131,132)/b37-35+/t53-,54+,55?,56+,57?,58?,59?,60?,61?,62?,63?,65+,66?,67?,68?,69+,70-,71-,72-,73-,74-,75+,76+,77+,78?,79?,80?,81?,82+,83+,84+,85?,86-,87-,88-,89+,90+,91-,92+,93+,94-,95-,97-/m0/s1. The lowest BCUT2D eigenvalue weighted by Gasteiger charge is -2.51. The second kappa shape index (κ2) is 65.3. The predicted molar refractivity (Wildman–Crippen MR) is 509 cm³/mol. The van der Waals surface area contributed by atoms with Crippen molar-refractivity contribution < 1.29 is 227 Å². The highest BCUT2D eigenvalue weighted by Gasteiger charge is 2.63. The largest absolute Gasteiger partial charge is 0.477 e. The van der Waals surface area contributed by atoms with Crippen molar-refractivity contribution in [3.8, 4) is 0 Å². The Balaban J connectivity index is 1.06. The molecule has 8 rings (SSSR count). The summed E-state index contributed by atoms with van der Waals surface area (Å²) in [5, 5.41) is 287. The van der Waals surface area contributed by atoms with Gasteiger partial charge in [0, 0.05) is 40.5 Å². The van der Waals surface area contributed by atoms with Crippen molar-refractivity contribution in [3.05, 3.63) is 12.2 Å². The number of carbonyl (C=O) groups excluding carboxylic acids is 5. The molecule has 0 spiro atoms. The van der Waals surface area contributed by atoms with Crippen LogP contribution >= 0.6 is 0 Å². The topological polar surface area (TPSA) is 796 Å². The molecule has 51 heteroatoms. The van der Waals surface area contributed by atoms with Crippen LogP contribution in [0, 0.1) is 0 Å². The Morgan fingerprint density at radius 3 is 1.18 bits per heavy atom. The van der Waals surface area contributed by atoms with Gasteiger partial charge in [-0.2, -0.15) is 0 Å². The zero-order valence-electron chi connectivity index (χ0n) is 85.4. The van der Waals surface area contributed by atoms with Gasteiger partial charge in [0.15, 0.2) is 44.0 Å². The van der Waals surface area contributed by atoms with Crippen molar-refractivity contribution in [3.63, 3.8) is 0 Å². The summed E-state index contributed by atoms with van der Waals surface area (Å²) >= 11 is 0. The summed E-state index contributed by atoms with van der Waals surface area (Å²) in [6, 6.07) is -8.50. The van der Waals surface area contributed by atoms with Crippen LogP contribution in [0.15, 0.2) is 12.2 Å². The van der Waals surface area contributed by atoms with Crippen LogP contribution in [0.4, 0.5) is 0 Å². The number of carboxylic acid groups (broad SMARTS) is 1. The maximum atomic E-state index is 13.8. The Kier molecular flexibility index (Phi) is 56.5. The van der Waals surface area contributed by atoms with Crippen LogP contribution in [0.25, 0.3) is 0 Å². The average Bonchev–Trinajstić information content (AvgIpc) is 0.761. The number of allylic oxidation sites excluding steroid dienone is 1. The zero-order valence-corrected chi connectivity index (χ0v) is 85.4. The molecule has 0 aromatic carbocycles. The molecule has 8 fully saturated rings. The minimum Gasteiger partial charge on any atom is -0.477 e. The number of carbonyl (C=O) groups is 6. The van der Waals surface area contributed by atoms with E-state index in [2.05, 4.69) is 40.4 Å². The molecule has 29 N–H and O–H groups in total. The van der Waals surface area contributed by atoms with Gasteiger partial charge in [0.05, 0.1) is 83.8 Å². The van der Waals surface area contributed by atoms with Gasteiger partial charge < -0.3 is 225 Å². The van der Waals surface area contributed by atoms with E-state index in [4.69, 9.17) is 75.8 Å². The van der Waals surface area contributed by atoms with Crippen molar-refractivity contribution in [1.82, 2.24) is 26.6 Å². The van der Waals surface area contributed by atoms with Crippen molar-refractivity contribution in [2.45, 2.75) is 504 Å². The highest BCUT2D eigenvalue weighted by atomic mass is 16.8. The molecule has 8 aliphatic rings. The molecule has 8 aliphatic heterocycles. The SMILES string of the molecule is CCCCCCCCCCCCC/C=C/[C@@H](O)[C@H](CO[C@@H]1OC(CO)[C@@H](O[C@@H]2OC(CO[C@@H]3OC(CO)[C@@H](O[C@@H]4OC(CO)[C@H](O)[C@H](O[C@]5(C(=O)O)CC(O)[C@@H](NC(C)=O)C([C@H](O)[C@H](O)CO)O5)C4O)[C@H](O)C3NC(C)=O)[C@H](O)[C@H](O[C@H]3OC(CO)[C@H](O)[C@H](O[C@@H]4OC(CO)[C@H](O)[C@H](O[C@H]5OC(CO)[C@H](O)[C@H](O)C5NC(C)=O)C4NC(C)=O)C3O)C2O)[C@H](O)C1O)NC(=O)CCCCCCCCCCCCCCCCCCC. The van der Waals surface area contributed by atoms with Crippen LogP contribution in [-0.2, 0) is 105 Å². The van der Waals surface area contributed by atoms with Crippen LogP contribution in [0.2, 0.25) is 0 Å². The lowest BCUT2D eigenvalue weighted by atomic mass is 9.88. The number of aliphatic hydroxyl groups is 23. The number of aliphatic carboxylic acids is 1. The molecule has 0 saturated carbocycles. The molecule has 0 radical (unpaired) electrons. The number of hydrogen-bond acceptors (Lipinski definition) is 45. The molecule has 51 nitrogen and oxygen atoms in total. The fourth-order valence-electron chi connectivity index (χ4n) is 19.8. The smallest absolute Gasteiger partial charge is 0.364 e. The number of hydrogen-bond donors (Lipinski definition) is 29. The second-order valence-corrected chi connectivity index (χ2v) is 39.9. The number of aliphatic hydroxyl groups excluding tert-OH is 23. The zero-order chi connectivity index (χ0) is 109. The molecule has 148 heavy (non-hydrogen) atoms. The lowest BCUT2D eigenvalue weighted by Crippen LogP contribution is -2.71. The molecule has 8 heterocycles. The monoisotopic (exact) mass is 2140 g/mol. The van der Waals surface area contributed by atoms with E-state index in [-0.39, 0.29) is 6.42 Å². The third-order valence-corrected chi connectivity index (χ3v) is 28.2. The van der Waals surface area contributed by atoms with E-state index in [0.717, 1.165) is 91.9 Å². The maximum absolute atomic E-state index is 13.8. The van der Waals surface area contributed by atoms with E-state index in [1.165, 1.54) is 115 Å². The first-order valence-corrected chi connectivity index (χ1v) is 52.6. The molecule has 0 bridgehead atoms. The van der Waals surface area contributed by atoms with Gasteiger partial charge in [0.25, 0.3) is 5.79 Å². The van der Waals surface area contributed by atoms with Gasteiger partial charge in [0.1, 0.15) is 189 Å². The lowest BCUT2D eigenvalue weighted by molar-refractivity contribution is -0.393.